The highest BCUT2D eigenvalue weighted by Gasteiger charge is 2.10. The Bertz CT molecular complexity index is 566. The number of rotatable bonds is 2. The lowest BCUT2D eigenvalue weighted by atomic mass is 10.0. The normalized spacial score (nSPS) is 10.2. The topological polar surface area (TPSA) is 43.1 Å². The lowest BCUT2D eigenvalue weighted by Gasteiger charge is -2.03. The molecular weight excluding hydrogens is 241 g/mol. The monoisotopic (exact) mass is 249 g/mol. The van der Waals surface area contributed by atoms with Crippen LogP contribution in [0.15, 0.2) is 42.5 Å². The van der Waals surface area contributed by atoms with Crippen molar-refractivity contribution in [2.75, 3.05) is 5.73 Å². The van der Waals surface area contributed by atoms with Gasteiger partial charge in [-0.25, -0.2) is 4.39 Å². The zero-order chi connectivity index (χ0) is 12.4. The van der Waals surface area contributed by atoms with Crippen LogP contribution in [-0.4, -0.2) is 5.78 Å². The van der Waals surface area contributed by atoms with Gasteiger partial charge in [0.2, 0.25) is 0 Å². The Morgan fingerprint density at radius 2 is 1.65 bits per heavy atom. The van der Waals surface area contributed by atoms with Gasteiger partial charge in [0, 0.05) is 16.1 Å². The molecule has 0 spiro atoms. The molecule has 0 fully saturated rings. The lowest BCUT2D eigenvalue weighted by Crippen LogP contribution is -2.03. The van der Waals surface area contributed by atoms with Crippen molar-refractivity contribution in [1.82, 2.24) is 0 Å². The van der Waals surface area contributed by atoms with Crippen LogP contribution in [0.2, 0.25) is 5.02 Å². The van der Waals surface area contributed by atoms with E-state index in [1.54, 1.807) is 24.3 Å². The van der Waals surface area contributed by atoms with E-state index >= 15 is 0 Å². The smallest absolute Gasteiger partial charge is 0.193 e. The Balaban J connectivity index is 2.37. The molecule has 86 valence electrons. The Labute approximate surface area is 103 Å². The van der Waals surface area contributed by atoms with Crippen molar-refractivity contribution in [3.8, 4) is 0 Å². The summed E-state index contributed by atoms with van der Waals surface area (Å²) in [6.45, 7) is 0. The minimum atomic E-state index is -0.530. The van der Waals surface area contributed by atoms with Gasteiger partial charge in [-0.2, -0.15) is 0 Å². The third-order valence-corrected chi connectivity index (χ3v) is 2.62. The molecule has 17 heavy (non-hydrogen) atoms. The Kier molecular flexibility index (Phi) is 3.11. The number of anilines is 1. The average Bonchev–Trinajstić information content (AvgIpc) is 2.33. The van der Waals surface area contributed by atoms with Crippen LogP contribution in [0, 0.1) is 5.82 Å². The molecule has 0 bridgehead atoms. The number of hydrogen-bond acceptors (Lipinski definition) is 2. The summed E-state index contributed by atoms with van der Waals surface area (Å²) >= 11 is 5.73. The van der Waals surface area contributed by atoms with Crippen LogP contribution in [0.4, 0.5) is 10.1 Å². The van der Waals surface area contributed by atoms with Gasteiger partial charge in [0.1, 0.15) is 5.82 Å². The third kappa shape index (κ3) is 2.45. The standard InChI is InChI=1S/C13H9ClFNO/c14-10-4-1-8(2-5-10)13(17)9-3-6-11(15)12(16)7-9/h1-7H,16H2. The molecule has 0 atom stereocenters. The number of halogens is 2. The fourth-order valence-electron chi connectivity index (χ4n) is 1.45. The van der Waals surface area contributed by atoms with Gasteiger partial charge in [-0.05, 0) is 42.5 Å². The summed E-state index contributed by atoms with van der Waals surface area (Å²) in [4.78, 5) is 12.0. The first-order valence-corrected chi connectivity index (χ1v) is 5.31. The van der Waals surface area contributed by atoms with Gasteiger partial charge < -0.3 is 5.73 Å². The fraction of sp³-hybridized carbons (Fsp3) is 0. The number of nitrogens with two attached hydrogens (primary N) is 1. The molecule has 0 aliphatic heterocycles. The molecule has 0 unspecified atom stereocenters. The van der Waals surface area contributed by atoms with E-state index in [0.29, 0.717) is 16.1 Å². The Morgan fingerprint density at radius 1 is 1.06 bits per heavy atom. The molecule has 0 aliphatic carbocycles. The highest BCUT2D eigenvalue weighted by atomic mass is 35.5. The molecule has 2 aromatic carbocycles. The van der Waals surface area contributed by atoms with E-state index in [0.717, 1.165) is 0 Å². The van der Waals surface area contributed by atoms with Crippen molar-refractivity contribution in [2.24, 2.45) is 0 Å². The van der Waals surface area contributed by atoms with Gasteiger partial charge in [-0.3, -0.25) is 4.79 Å². The van der Waals surface area contributed by atoms with Crippen molar-refractivity contribution in [1.29, 1.82) is 0 Å². The molecule has 2 N–H and O–H groups in total. The molecule has 2 rings (SSSR count). The number of nitrogen functional groups attached to an aromatic ring is 1. The molecule has 0 aliphatic rings. The highest BCUT2D eigenvalue weighted by molar-refractivity contribution is 6.30. The van der Waals surface area contributed by atoms with E-state index in [9.17, 15) is 9.18 Å². The highest BCUT2D eigenvalue weighted by Crippen LogP contribution is 2.17. The summed E-state index contributed by atoms with van der Waals surface area (Å²) in [6, 6.07) is 10.4. The molecule has 2 aromatic rings. The van der Waals surface area contributed by atoms with Gasteiger partial charge in [0.25, 0.3) is 0 Å². The summed E-state index contributed by atoms with van der Waals surface area (Å²) in [5, 5.41) is 0.556. The maximum atomic E-state index is 13.0. The largest absolute Gasteiger partial charge is 0.396 e. The molecule has 0 saturated heterocycles. The average molecular weight is 250 g/mol. The lowest BCUT2D eigenvalue weighted by molar-refractivity contribution is 0.103. The van der Waals surface area contributed by atoms with Gasteiger partial charge in [0.15, 0.2) is 5.78 Å². The van der Waals surface area contributed by atoms with E-state index < -0.39 is 5.82 Å². The van der Waals surface area contributed by atoms with Crippen molar-refractivity contribution < 1.29 is 9.18 Å². The maximum Gasteiger partial charge on any atom is 0.193 e. The first-order chi connectivity index (χ1) is 8.08. The molecule has 0 amide bonds. The molecule has 2 nitrogen and oxygen atoms in total. The van der Waals surface area contributed by atoms with Crippen molar-refractivity contribution in [2.45, 2.75) is 0 Å². The number of carbonyl (C=O) groups excluding carboxylic acids is 1. The van der Waals surface area contributed by atoms with E-state index in [1.165, 1.54) is 18.2 Å². The van der Waals surface area contributed by atoms with Gasteiger partial charge in [0.05, 0.1) is 5.69 Å². The molecular formula is C13H9ClFNO. The third-order valence-electron chi connectivity index (χ3n) is 2.36. The Hall–Kier alpha value is -1.87. The predicted octanol–water partition coefficient (Wildman–Crippen LogP) is 3.29. The summed E-state index contributed by atoms with van der Waals surface area (Å²) < 4.78 is 13.0. The zero-order valence-corrected chi connectivity index (χ0v) is 9.54. The van der Waals surface area contributed by atoms with Crippen LogP contribution in [0.1, 0.15) is 15.9 Å². The van der Waals surface area contributed by atoms with Crippen LogP contribution < -0.4 is 5.73 Å². The summed E-state index contributed by atoms with van der Waals surface area (Å²) in [7, 11) is 0. The van der Waals surface area contributed by atoms with Gasteiger partial charge in [-0.1, -0.05) is 11.6 Å². The number of benzene rings is 2. The van der Waals surface area contributed by atoms with Crippen LogP contribution >= 0.6 is 11.6 Å². The number of ketones is 1. The first-order valence-electron chi connectivity index (χ1n) is 4.93. The van der Waals surface area contributed by atoms with Gasteiger partial charge >= 0.3 is 0 Å². The molecule has 0 aromatic heterocycles. The molecule has 0 heterocycles. The maximum absolute atomic E-state index is 13.0. The van der Waals surface area contributed by atoms with Crippen LogP contribution in [-0.2, 0) is 0 Å². The summed E-state index contributed by atoms with van der Waals surface area (Å²) in [6.07, 6.45) is 0. The van der Waals surface area contributed by atoms with Crippen LogP contribution in [0.25, 0.3) is 0 Å². The second-order valence-corrected chi connectivity index (χ2v) is 4.01. The fourth-order valence-corrected chi connectivity index (χ4v) is 1.58. The quantitative estimate of drug-likeness (QED) is 0.656. The van der Waals surface area contributed by atoms with Gasteiger partial charge in [-0.15, -0.1) is 0 Å². The van der Waals surface area contributed by atoms with Crippen LogP contribution in [0.5, 0.6) is 0 Å². The SMILES string of the molecule is Nc1cc(C(=O)c2ccc(Cl)cc2)ccc1F. The molecule has 4 heteroatoms. The number of carbonyl (C=O) groups is 1. The summed E-state index contributed by atoms with van der Waals surface area (Å²) in [5.74, 6) is -0.744. The van der Waals surface area contributed by atoms with Crippen molar-refractivity contribution in [3.63, 3.8) is 0 Å². The van der Waals surface area contributed by atoms with Crippen molar-refractivity contribution >= 4 is 23.1 Å². The number of hydrogen-bond donors (Lipinski definition) is 1. The van der Waals surface area contributed by atoms with Crippen LogP contribution in [0.3, 0.4) is 0 Å². The Morgan fingerprint density at radius 3 is 2.24 bits per heavy atom. The van der Waals surface area contributed by atoms with E-state index in [-0.39, 0.29) is 11.5 Å². The molecule has 0 saturated carbocycles. The van der Waals surface area contributed by atoms with Crippen molar-refractivity contribution in [3.05, 3.63) is 64.4 Å². The second-order valence-electron chi connectivity index (χ2n) is 3.57. The minimum Gasteiger partial charge on any atom is -0.396 e. The zero-order valence-electron chi connectivity index (χ0n) is 8.78. The predicted molar refractivity (Wildman–Crippen MR) is 65.7 cm³/mol. The molecule has 0 radical (unpaired) electrons. The second kappa shape index (κ2) is 4.55. The first kappa shape index (κ1) is 11.6. The minimum absolute atomic E-state index is 0.0372. The summed E-state index contributed by atoms with van der Waals surface area (Å²) in [5.41, 5.74) is 6.21. The van der Waals surface area contributed by atoms with E-state index in [4.69, 9.17) is 17.3 Å². The van der Waals surface area contributed by atoms with E-state index in [2.05, 4.69) is 0 Å². The van der Waals surface area contributed by atoms with E-state index in [1.807, 2.05) is 0 Å².